The van der Waals surface area contributed by atoms with Gasteiger partial charge < -0.3 is 14.6 Å². The van der Waals surface area contributed by atoms with Crippen molar-refractivity contribution in [2.24, 2.45) is 0 Å². The zero-order valence-corrected chi connectivity index (χ0v) is 9.63. The number of nitrogens with zero attached hydrogens (tertiary/aromatic N) is 1. The molecule has 0 aliphatic carbocycles. The first-order chi connectivity index (χ1) is 8.20. The Kier molecular flexibility index (Phi) is 3.81. The van der Waals surface area contributed by atoms with Gasteiger partial charge in [0.25, 0.3) is 0 Å². The number of rotatable bonds is 4. The van der Waals surface area contributed by atoms with Gasteiger partial charge in [-0.1, -0.05) is 0 Å². The van der Waals surface area contributed by atoms with Gasteiger partial charge in [-0.2, -0.15) is 0 Å². The molecule has 1 aromatic rings. The lowest BCUT2D eigenvalue weighted by Gasteiger charge is -2.22. The number of aromatic hydroxyl groups is 1. The van der Waals surface area contributed by atoms with Crippen molar-refractivity contribution in [2.75, 3.05) is 13.2 Å². The van der Waals surface area contributed by atoms with E-state index in [9.17, 15) is 4.79 Å². The lowest BCUT2D eigenvalue weighted by Crippen LogP contribution is -2.29. The summed E-state index contributed by atoms with van der Waals surface area (Å²) in [6, 6.07) is 1.68. The Morgan fingerprint density at radius 2 is 2.35 bits per heavy atom. The van der Waals surface area contributed by atoms with E-state index in [0.29, 0.717) is 18.3 Å². The Balaban J connectivity index is 2.04. The van der Waals surface area contributed by atoms with E-state index in [1.165, 1.54) is 6.07 Å². The highest BCUT2D eigenvalue weighted by Gasteiger charge is 2.24. The van der Waals surface area contributed by atoms with E-state index < -0.39 is 5.43 Å². The molecule has 2 N–H and O–H groups in total. The van der Waals surface area contributed by atoms with Crippen LogP contribution in [0.3, 0.4) is 0 Å². The van der Waals surface area contributed by atoms with E-state index in [1.54, 1.807) is 0 Å². The monoisotopic (exact) mass is 239 g/mol. The van der Waals surface area contributed by atoms with Crippen LogP contribution >= 0.6 is 0 Å². The van der Waals surface area contributed by atoms with Crippen molar-refractivity contribution in [1.82, 2.24) is 4.90 Å². The van der Waals surface area contributed by atoms with Gasteiger partial charge >= 0.3 is 0 Å². The maximum atomic E-state index is 11.3. The predicted octanol–water partition coefficient (Wildman–Crippen LogP) is 0.692. The van der Waals surface area contributed by atoms with Gasteiger partial charge in [0.05, 0.1) is 6.54 Å². The fourth-order valence-corrected chi connectivity index (χ4v) is 2.31. The number of hydrogen-bond acceptors (Lipinski definition) is 5. The number of likely N-dealkylation sites (tertiary alicyclic amines) is 1. The Bertz CT molecular complexity index is 429. The highest BCUT2D eigenvalue weighted by Crippen LogP contribution is 2.22. The van der Waals surface area contributed by atoms with Gasteiger partial charge in [0.2, 0.25) is 5.43 Å². The molecule has 1 aliphatic heterocycles. The van der Waals surface area contributed by atoms with Crippen molar-refractivity contribution in [2.45, 2.75) is 31.8 Å². The predicted molar refractivity (Wildman–Crippen MR) is 61.8 cm³/mol. The lowest BCUT2D eigenvalue weighted by molar-refractivity contribution is 0.178. The molecule has 1 saturated heterocycles. The zero-order valence-electron chi connectivity index (χ0n) is 9.63. The smallest absolute Gasteiger partial charge is 0.226 e. The number of hydrogen-bond donors (Lipinski definition) is 2. The van der Waals surface area contributed by atoms with Gasteiger partial charge in [0.1, 0.15) is 12.0 Å². The summed E-state index contributed by atoms with van der Waals surface area (Å²) in [7, 11) is 0. The second kappa shape index (κ2) is 5.33. The molecule has 1 atom stereocenters. The molecule has 17 heavy (non-hydrogen) atoms. The van der Waals surface area contributed by atoms with Crippen LogP contribution in [-0.2, 0) is 6.54 Å². The van der Waals surface area contributed by atoms with Gasteiger partial charge in [-0.15, -0.1) is 0 Å². The third-order valence-corrected chi connectivity index (χ3v) is 3.19. The molecule has 0 amide bonds. The minimum absolute atomic E-state index is 0.181. The Morgan fingerprint density at radius 3 is 3.06 bits per heavy atom. The number of aliphatic hydroxyl groups is 1. The Morgan fingerprint density at radius 1 is 1.53 bits per heavy atom. The van der Waals surface area contributed by atoms with Gasteiger partial charge in [-0.25, -0.2) is 0 Å². The molecule has 0 aromatic carbocycles. The Hall–Kier alpha value is -1.33. The van der Waals surface area contributed by atoms with Crippen molar-refractivity contribution in [3.05, 3.63) is 28.3 Å². The minimum atomic E-state index is -0.413. The first-order valence-electron chi connectivity index (χ1n) is 5.86. The summed E-state index contributed by atoms with van der Waals surface area (Å²) in [5.41, 5.74) is -0.413. The van der Waals surface area contributed by atoms with Crippen LogP contribution in [0.1, 0.15) is 25.0 Å². The second-order valence-corrected chi connectivity index (χ2v) is 4.37. The van der Waals surface area contributed by atoms with Crippen LogP contribution in [-0.4, -0.2) is 34.3 Å². The molecule has 1 unspecified atom stereocenters. The van der Waals surface area contributed by atoms with E-state index in [0.717, 1.165) is 32.1 Å². The van der Waals surface area contributed by atoms with E-state index >= 15 is 0 Å². The summed E-state index contributed by atoms with van der Waals surface area (Å²) >= 11 is 0. The topological polar surface area (TPSA) is 73.9 Å². The molecular formula is C12H17NO4. The van der Waals surface area contributed by atoms with Crippen LogP contribution in [0.15, 0.2) is 21.5 Å². The van der Waals surface area contributed by atoms with E-state index in [-0.39, 0.29) is 12.4 Å². The quantitative estimate of drug-likeness (QED) is 0.808. The largest absolute Gasteiger partial charge is 0.502 e. The molecule has 0 saturated carbocycles. The van der Waals surface area contributed by atoms with Crippen molar-refractivity contribution in [3.63, 3.8) is 0 Å². The van der Waals surface area contributed by atoms with Crippen molar-refractivity contribution < 1.29 is 14.6 Å². The van der Waals surface area contributed by atoms with Gasteiger partial charge in [0.15, 0.2) is 5.75 Å². The van der Waals surface area contributed by atoms with E-state index in [4.69, 9.17) is 14.6 Å². The molecule has 1 fully saturated rings. The molecule has 5 nitrogen and oxygen atoms in total. The van der Waals surface area contributed by atoms with E-state index in [1.807, 2.05) is 0 Å². The number of aliphatic hydroxyl groups excluding tert-OH is 1. The van der Waals surface area contributed by atoms with Gasteiger partial charge in [0, 0.05) is 18.7 Å². The Labute approximate surface area is 99.3 Å². The van der Waals surface area contributed by atoms with Crippen LogP contribution < -0.4 is 5.43 Å². The SMILES string of the molecule is O=c1cc(CN2CCCC2CCO)occ1O. The third-order valence-electron chi connectivity index (χ3n) is 3.19. The average Bonchev–Trinajstić information content (AvgIpc) is 2.72. The maximum absolute atomic E-state index is 11.3. The average molecular weight is 239 g/mol. The summed E-state index contributed by atoms with van der Waals surface area (Å²) in [4.78, 5) is 13.5. The van der Waals surface area contributed by atoms with Crippen LogP contribution in [0.25, 0.3) is 0 Å². The summed E-state index contributed by atoms with van der Waals surface area (Å²) in [5, 5.41) is 18.0. The summed E-state index contributed by atoms with van der Waals surface area (Å²) in [6.07, 6.45) is 4.01. The highest BCUT2D eigenvalue weighted by molar-refractivity contribution is 5.15. The highest BCUT2D eigenvalue weighted by atomic mass is 16.4. The normalized spacial score (nSPS) is 20.9. The molecule has 1 aliphatic rings. The van der Waals surface area contributed by atoms with Gasteiger partial charge in [-0.05, 0) is 25.8 Å². The molecule has 5 heteroatoms. The molecule has 2 rings (SSSR count). The zero-order chi connectivity index (χ0) is 12.3. The molecular weight excluding hydrogens is 222 g/mol. The summed E-state index contributed by atoms with van der Waals surface area (Å²) in [6.45, 7) is 1.69. The van der Waals surface area contributed by atoms with Crippen LogP contribution in [0.4, 0.5) is 0 Å². The van der Waals surface area contributed by atoms with Crippen LogP contribution in [0.5, 0.6) is 5.75 Å². The van der Waals surface area contributed by atoms with E-state index in [2.05, 4.69) is 4.90 Å². The lowest BCUT2D eigenvalue weighted by atomic mass is 10.1. The summed E-state index contributed by atoms with van der Waals surface area (Å²) < 4.78 is 5.17. The second-order valence-electron chi connectivity index (χ2n) is 4.37. The van der Waals surface area contributed by atoms with Crippen molar-refractivity contribution in [1.29, 1.82) is 0 Å². The molecule has 0 spiro atoms. The maximum Gasteiger partial charge on any atom is 0.226 e. The standard InChI is InChI=1S/C12H17NO4/c14-5-3-9-2-1-4-13(9)7-10-6-11(15)12(16)8-17-10/h6,8-9,14,16H,1-5,7H2. The molecule has 0 radical (unpaired) electrons. The third kappa shape index (κ3) is 2.87. The minimum Gasteiger partial charge on any atom is -0.502 e. The van der Waals surface area contributed by atoms with Crippen molar-refractivity contribution in [3.8, 4) is 5.75 Å². The molecule has 0 bridgehead atoms. The fourth-order valence-electron chi connectivity index (χ4n) is 2.31. The summed E-state index contributed by atoms with van der Waals surface area (Å²) in [5.74, 6) is 0.194. The first-order valence-corrected chi connectivity index (χ1v) is 5.86. The molecule has 94 valence electrons. The van der Waals surface area contributed by atoms with Crippen molar-refractivity contribution >= 4 is 0 Å². The first kappa shape index (κ1) is 12.1. The van der Waals surface area contributed by atoms with Crippen LogP contribution in [0, 0.1) is 0 Å². The molecule has 1 aromatic heterocycles. The fraction of sp³-hybridized carbons (Fsp3) is 0.583. The van der Waals surface area contributed by atoms with Gasteiger partial charge in [-0.3, -0.25) is 9.69 Å². The molecule has 2 heterocycles. The van der Waals surface area contributed by atoms with Crippen LogP contribution in [0.2, 0.25) is 0 Å².